The van der Waals surface area contributed by atoms with E-state index in [4.69, 9.17) is 0 Å². The highest BCUT2D eigenvalue weighted by molar-refractivity contribution is 5.92. The monoisotopic (exact) mass is 259 g/mol. The van der Waals surface area contributed by atoms with Crippen molar-refractivity contribution >= 4 is 11.6 Å². The lowest BCUT2D eigenvalue weighted by molar-refractivity contribution is -0.137. The van der Waals surface area contributed by atoms with Crippen LogP contribution in [0.25, 0.3) is 0 Å². The summed E-state index contributed by atoms with van der Waals surface area (Å²) in [5, 5.41) is 2.52. The van der Waals surface area contributed by atoms with Crippen LogP contribution in [-0.2, 0) is 11.0 Å². The Bertz CT molecular complexity index is 411. The van der Waals surface area contributed by atoms with Crippen LogP contribution in [0.4, 0.5) is 18.9 Å². The van der Waals surface area contributed by atoms with Gasteiger partial charge in [0.1, 0.15) is 0 Å². The Morgan fingerprint density at radius 2 is 1.89 bits per heavy atom. The molecule has 5 heteroatoms. The molecule has 1 aromatic rings. The van der Waals surface area contributed by atoms with Crippen molar-refractivity contribution in [2.45, 2.75) is 32.9 Å². The van der Waals surface area contributed by atoms with Crippen molar-refractivity contribution in [2.75, 3.05) is 5.32 Å². The third kappa shape index (κ3) is 3.75. The quantitative estimate of drug-likeness (QED) is 0.867. The summed E-state index contributed by atoms with van der Waals surface area (Å²) in [5.74, 6) is -0.404. The summed E-state index contributed by atoms with van der Waals surface area (Å²) in [7, 11) is 0. The predicted molar refractivity (Wildman–Crippen MR) is 64.1 cm³/mol. The van der Waals surface area contributed by atoms with Crippen LogP contribution in [0.2, 0.25) is 0 Å². The van der Waals surface area contributed by atoms with Gasteiger partial charge in [-0.25, -0.2) is 0 Å². The average molecular weight is 259 g/mol. The van der Waals surface area contributed by atoms with E-state index in [1.54, 1.807) is 0 Å². The first kappa shape index (κ1) is 14.5. The van der Waals surface area contributed by atoms with E-state index < -0.39 is 11.7 Å². The first-order valence-electron chi connectivity index (χ1n) is 5.86. The molecule has 0 aromatic heterocycles. The molecule has 0 bridgehead atoms. The molecule has 0 heterocycles. The third-order valence-electron chi connectivity index (χ3n) is 2.81. The summed E-state index contributed by atoms with van der Waals surface area (Å²) < 4.78 is 37.5. The fraction of sp³-hybridized carbons (Fsp3) is 0.462. The Labute approximate surface area is 104 Å². The lowest BCUT2D eigenvalue weighted by Gasteiger charge is -2.14. The number of carbonyl (C=O) groups excluding carboxylic acids is 1. The van der Waals surface area contributed by atoms with E-state index in [0.717, 1.165) is 12.1 Å². The van der Waals surface area contributed by atoms with Gasteiger partial charge in [-0.2, -0.15) is 13.2 Å². The van der Waals surface area contributed by atoms with Crippen LogP contribution >= 0.6 is 0 Å². The molecule has 100 valence electrons. The normalized spacial score (nSPS) is 11.7. The second-order valence-electron chi connectivity index (χ2n) is 4.08. The Morgan fingerprint density at radius 3 is 2.39 bits per heavy atom. The summed E-state index contributed by atoms with van der Waals surface area (Å²) in [6.07, 6.45) is -3.06. The topological polar surface area (TPSA) is 29.1 Å². The fourth-order valence-electron chi connectivity index (χ4n) is 1.68. The van der Waals surface area contributed by atoms with E-state index in [1.165, 1.54) is 12.1 Å². The van der Waals surface area contributed by atoms with E-state index in [1.807, 2.05) is 13.8 Å². The van der Waals surface area contributed by atoms with Crippen LogP contribution in [0, 0.1) is 5.92 Å². The maximum Gasteiger partial charge on any atom is 0.416 e. The minimum absolute atomic E-state index is 0.167. The molecular weight excluding hydrogens is 243 g/mol. The fourth-order valence-corrected chi connectivity index (χ4v) is 1.68. The number of amides is 1. The van der Waals surface area contributed by atoms with Crippen molar-refractivity contribution in [3.8, 4) is 0 Å². The number of alkyl halides is 3. The van der Waals surface area contributed by atoms with Gasteiger partial charge in [-0.05, 0) is 31.0 Å². The molecule has 0 saturated carbocycles. The molecule has 0 radical (unpaired) electrons. The highest BCUT2D eigenvalue weighted by atomic mass is 19.4. The Kier molecular flexibility index (Phi) is 4.76. The van der Waals surface area contributed by atoms with Crippen LogP contribution < -0.4 is 5.32 Å². The first-order chi connectivity index (χ1) is 8.38. The van der Waals surface area contributed by atoms with Gasteiger partial charge in [-0.15, -0.1) is 0 Å². The highest BCUT2D eigenvalue weighted by Gasteiger charge is 2.30. The molecule has 0 aliphatic heterocycles. The van der Waals surface area contributed by atoms with Crippen LogP contribution in [-0.4, -0.2) is 5.91 Å². The molecule has 0 fully saturated rings. The van der Waals surface area contributed by atoms with Gasteiger partial charge in [0.05, 0.1) is 5.56 Å². The van der Waals surface area contributed by atoms with Crippen LogP contribution in [0.1, 0.15) is 32.3 Å². The summed E-state index contributed by atoms with van der Waals surface area (Å²) in [4.78, 5) is 11.7. The molecule has 1 rings (SSSR count). The standard InChI is InChI=1S/C13H16F3NO/c1-3-9(4-2)12(18)17-11-7-5-6-10(8-11)13(14,15)16/h5-9H,3-4H2,1-2H3,(H,17,18). The van der Waals surface area contributed by atoms with Crippen molar-refractivity contribution in [3.05, 3.63) is 29.8 Å². The zero-order valence-corrected chi connectivity index (χ0v) is 10.3. The molecule has 18 heavy (non-hydrogen) atoms. The average Bonchev–Trinajstić information content (AvgIpc) is 2.29. The molecule has 0 aliphatic rings. The molecule has 0 unspecified atom stereocenters. The van der Waals surface area contributed by atoms with Gasteiger partial charge < -0.3 is 5.32 Å². The number of anilines is 1. The molecule has 0 aliphatic carbocycles. The summed E-state index contributed by atoms with van der Waals surface area (Å²) in [6.45, 7) is 3.75. The number of hydrogen-bond acceptors (Lipinski definition) is 1. The molecule has 1 aromatic carbocycles. The van der Waals surface area contributed by atoms with E-state index in [0.29, 0.717) is 12.8 Å². The highest BCUT2D eigenvalue weighted by Crippen LogP contribution is 2.30. The molecule has 0 atom stereocenters. The number of carbonyl (C=O) groups is 1. The maximum atomic E-state index is 12.5. The van der Waals surface area contributed by atoms with Crippen LogP contribution in [0.5, 0.6) is 0 Å². The number of halogens is 3. The second kappa shape index (κ2) is 5.89. The summed E-state index contributed by atoms with van der Waals surface area (Å²) >= 11 is 0. The Balaban J connectivity index is 2.83. The smallest absolute Gasteiger partial charge is 0.326 e. The molecule has 1 N–H and O–H groups in total. The minimum Gasteiger partial charge on any atom is -0.326 e. The number of hydrogen-bond donors (Lipinski definition) is 1. The van der Waals surface area contributed by atoms with Crippen molar-refractivity contribution in [2.24, 2.45) is 5.92 Å². The van der Waals surface area contributed by atoms with E-state index in [-0.39, 0.29) is 17.5 Å². The van der Waals surface area contributed by atoms with E-state index in [2.05, 4.69) is 5.32 Å². The predicted octanol–water partition coefficient (Wildman–Crippen LogP) is 4.08. The van der Waals surface area contributed by atoms with Gasteiger partial charge >= 0.3 is 6.18 Å². The number of nitrogens with one attached hydrogen (secondary N) is 1. The number of benzene rings is 1. The number of rotatable bonds is 4. The van der Waals surface area contributed by atoms with Gasteiger partial charge in [0.25, 0.3) is 0 Å². The van der Waals surface area contributed by atoms with Crippen molar-refractivity contribution in [3.63, 3.8) is 0 Å². The molecule has 0 saturated heterocycles. The second-order valence-corrected chi connectivity index (χ2v) is 4.08. The SMILES string of the molecule is CCC(CC)C(=O)Nc1cccc(C(F)(F)F)c1. The van der Waals surface area contributed by atoms with Crippen molar-refractivity contribution in [1.29, 1.82) is 0 Å². The van der Waals surface area contributed by atoms with Gasteiger partial charge in [0.15, 0.2) is 0 Å². The van der Waals surface area contributed by atoms with E-state index in [9.17, 15) is 18.0 Å². The largest absolute Gasteiger partial charge is 0.416 e. The zero-order chi connectivity index (χ0) is 13.8. The molecule has 1 amide bonds. The molecular formula is C13H16F3NO. The van der Waals surface area contributed by atoms with Crippen LogP contribution in [0.3, 0.4) is 0 Å². The van der Waals surface area contributed by atoms with Gasteiger partial charge in [0, 0.05) is 11.6 Å². The molecule has 2 nitrogen and oxygen atoms in total. The van der Waals surface area contributed by atoms with E-state index >= 15 is 0 Å². The van der Waals surface area contributed by atoms with Crippen molar-refractivity contribution in [1.82, 2.24) is 0 Å². The summed E-state index contributed by atoms with van der Waals surface area (Å²) in [5.41, 5.74) is -0.577. The van der Waals surface area contributed by atoms with Crippen molar-refractivity contribution < 1.29 is 18.0 Å². The lowest BCUT2D eigenvalue weighted by atomic mass is 10.0. The third-order valence-corrected chi connectivity index (χ3v) is 2.81. The minimum atomic E-state index is -4.39. The lowest BCUT2D eigenvalue weighted by Crippen LogP contribution is -2.21. The van der Waals surface area contributed by atoms with Gasteiger partial charge in [0.2, 0.25) is 5.91 Å². The Morgan fingerprint density at radius 1 is 1.28 bits per heavy atom. The summed E-state index contributed by atoms with van der Waals surface area (Å²) in [6, 6.07) is 4.66. The van der Waals surface area contributed by atoms with Gasteiger partial charge in [-0.1, -0.05) is 19.9 Å². The first-order valence-corrected chi connectivity index (χ1v) is 5.86. The van der Waals surface area contributed by atoms with Crippen LogP contribution in [0.15, 0.2) is 24.3 Å². The molecule has 0 spiro atoms. The van der Waals surface area contributed by atoms with Gasteiger partial charge in [-0.3, -0.25) is 4.79 Å². The maximum absolute atomic E-state index is 12.5. The zero-order valence-electron chi connectivity index (χ0n) is 10.3. The Hall–Kier alpha value is -1.52.